The largest absolute Gasteiger partial charge is 0.529 e. The van der Waals surface area contributed by atoms with Gasteiger partial charge in [-0.3, -0.25) is 14.4 Å². The third-order valence-electron chi connectivity index (χ3n) is 1.42. The van der Waals surface area contributed by atoms with Crippen molar-refractivity contribution in [1.82, 2.24) is 0 Å². The van der Waals surface area contributed by atoms with Gasteiger partial charge in [0, 0.05) is 6.42 Å². The van der Waals surface area contributed by atoms with E-state index in [1.165, 1.54) is 0 Å². The zero-order chi connectivity index (χ0) is 7.56. The SMILES string of the molecule is O=COB1CCC(=O)C1=O. The van der Waals surface area contributed by atoms with Crippen LogP contribution in [0.15, 0.2) is 0 Å². The molecule has 0 aromatic carbocycles. The first-order valence-electron chi connectivity index (χ1n) is 2.92. The maximum absolute atomic E-state index is 10.7. The van der Waals surface area contributed by atoms with Crippen molar-refractivity contribution in [3.63, 3.8) is 0 Å². The summed E-state index contributed by atoms with van der Waals surface area (Å²) in [5, 5.41) is 0. The van der Waals surface area contributed by atoms with E-state index in [1.807, 2.05) is 0 Å². The second-order valence-corrected chi connectivity index (χ2v) is 2.05. The van der Waals surface area contributed by atoms with Gasteiger partial charge in [0.25, 0.3) is 6.47 Å². The summed E-state index contributed by atoms with van der Waals surface area (Å²) in [4.78, 5) is 30.9. The molecule has 1 saturated heterocycles. The number of carbonyl (C=O) groups is 3. The molecule has 0 N–H and O–H groups in total. The molecule has 0 aromatic rings. The average Bonchev–Trinajstić information content (AvgIpc) is 2.20. The Morgan fingerprint density at radius 2 is 2.20 bits per heavy atom. The van der Waals surface area contributed by atoms with E-state index < -0.39 is 18.4 Å². The monoisotopic (exact) mass is 140 g/mol. The summed E-state index contributed by atoms with van der Waals surface area (Å²) in [7, 11) is 0. The van der Waals surface area contributed by atoms with Crippen molar-refractivity contribution in [3.8, 4) is 0 Å². The number of carbonyl (C=O) groups excluding carboxylic acids is 3. The molecule has 0 amide bonds. The van der Waals surface area contributed by atoms with Crippen LogP contribution in [0, 0.1) is 0 Å². The number of hydrogen-bond donors (Lipinski definition) is 0. The number of ketones is 1. The van der Waals surface area contributed by atoms with Gasteiger partial charge in [-0.2, -0.15) is 0 Å². The molecule has 0 atom stereocenters. The summed E-state index contributed by atoms with van der Waals surface area (Å²) in [5.41, 5.74) is -0.577. The predicted octanol–water partition coefficient (Wildman–Crippen LogP) is -0.768. The maximum atomic E-state index is 10.7. The molecule has 1 rings (SSSR count). The summed E-state index contributed by atoms with van der Waals surface area (Å²) >= 11 is 0. The lowest BCUT2D eigenvalue weighted by Gasteiger charge is -1.95. The lowest BCUT2D eigenvalue weighted by molar-refractivity contribution is -0.132. The molecule has 52 valence electrons. The fraction of sp³-hybridized carbons (Fsp3) is 0.400. The first kappa shape index (κ1) is 6.99. The zero-order valence-electron chi connectivity index (χ0n) is 5.20. The van der Waals surface area contributed by atoms with E-state index in [-0.39, 0.29) is 12.9 Å². The van der Waals surface area contributed by atoms with Crippen LogP contribution in [0.3, 0.4) is 0 Å². The highest BCUT2D eigenvalue weighted by Gasteiger charge is 2.39. The predicted molar refractivity (Wildman–Crippen MR) is 32.3 cm³/mol. The van der Waals surface area contributed by atoms with E-state index in [4.69, 9.17) is 0 Å². The fourth-order valence-corrected chi connectivity index (χ4v) is 0.893. The van der Waals surface area contributed by atoms with Gasteiger partial charge in [0.1, 0.15) is 0 Å². The Kier molecular flexibility index (Phi) is 1.84. The van der Waals surface area contributed by atoms with Crippen molar-refractivity contribution in [3.05, 3.63) is 0 Å². The van der Waals surface area contributed by atoms with Crippen LogP contribution in [0.25, 0.3) is 0 Å². The first-order chi connectivity index (χ1) is 4.75. The van der Waals surface area contributed by atoms with Crippen LogP contribution >= 0.6 is 0 Å². The minimum Gasteiger partial charge on any atom is -0.529 e. The van der Waals surface area contributed by atoms with E-state index in [0.717, 1.165) is 0 Å². The van der Waals surface area contributed by atoms with Crippen LogP contribution in [0.5, 0.6) is 0 Å². The van der Waals surface area contributed by atoms with E-state index in [2.05, 4.69) is 4.65 Å². The van der Waals surface area contributed by atoms with Crippen molar-refractivity contribution >= 4 is 24.9 Å². The van der Waals surface area contributed by atoms with E-state index >= 15 is 0 Å². The smallest absolute Gasteiger partial charge is 0.443 e. The molecule has 0 saturated carbocycles. The number of hydrogen-bond acceptors (Lipinski definition) is 4. The van der Waals surface area contributed by atoms with Crippen LogP contribution in [0.2, 0.25) is 6.32 Å². The molecule has 0 bridgehead atoms. The Morgan fingerprint density at radius 3 is 2.60 bits per heavy atom. The van der Waals surface area contributed by atoms with E-state index in [0.29, 0.717) is 6.32 Å². The highest BCUT2D eigenvalue weighted by molar-refractivity contribution is 7.00. The molecular weight excluding hydrogens is 135 g/mol. The first-order valence-corrected chi connectivity index (χ1v) is 2.92. The van der Waals surface area contributed by atoms with Crippen molar-refractivity contribution in [2.75, 3.05) is 0 Å². The number of Topliss-reactive ketones (excluding diaryl/α,β-unsaturated/α-hetero) is 1. The van der Waals surface area contributed by atoms with Gasteiger partial charge in [-0.25, -0.2) is 0 Å². The summed E-state index contributed by atoms with van der Waals surface area (Å²) in [6.45, 7) is -0.605. The quantitative estimate of drug-likeness (QED) is 0.287. The van der Waals surface area contributed by atoms with Crippen LogP contribution in [0.4, 0.5) is 0 Å². The third kappa shape index (κ3) is 1.07. The highest BCUT2D eigenvalue weighted by Crippen LogP contribution is 2.10. The van der Waals surface area contributed by atoms with Gasteiger partial charge in [-0.05, 0) is 6.32 Å². The zero-order valence-corrected chi connectivity index (χ0v) is 5.20. The lowest BCUT2D eigenvalue weighted by atomic mass is 9.65. The van der Waals surface area contributed by atoms with Gasteiger partial charge < -0.3 is 4.65 Å². The van der Waals surface area contributed by atoms with Crippen LogP contribution in [-0.4, -0.2) is 24.9 Å². The molecule has 0 spiro atoms. The van der Waals surface area contributed by atoms with Gasteiger partial charge in [0.05, 0.1) is 0 Å². The molecule has 1 aliphatic rings. The molecular formula is C5H5BO4. The average molecular weight is 140 g/mol. The second kappa shape index (κ2) is 2.64. The van der Waals surface area contributed by atoms with Crippen molar-refractivity contribution < 1.29 is 19.0 Å². The normalized spacial score (nSPS) is 17.8. The van der Waals surface area contributed by atoms with Gasteiger partial charge >= 0.3 is 6.92 Å². The standard InChI is InChI=1S/C5H5BO4/c7-3-10-6-2-1-4(8)5(6)9/h3H,1-2H2. The lowest BCUT2D eigenvalue weighted by Crippen LogP contribution is -2.26. The summed E-state index contributed by atoms with van der Waals surface area (Å²) < 4.78 is 4.33. The molecule has 10 heavy (non-hydrogen) atoms. The minimum absolute atomic E-state index is 0.196. The van der Waals surface area contributed by atoms with Crippen LogP contribution in [-0.2, 0) is 19.0 Å². The molecule has 0 radical (unpaired) electrons. The van der Waals surface area contributed by atoms with Crippen LogP contribution < -0.4 is 0 Å². The summed E-state index contributed by atoms with van der Waals surface area (Å²) in [6, 6.07) is 0. The van der Waals surface area contributed by atoms with E-state index in [1.54, 1.807) is 0 Å². The molecule has 1 fully saturated rings. The van der Waals surface area contributed by atoms with Gasteiger partial charge in [-0.1, -0.05) is 0 Å². The molecule has 1 aliphatic heterocycles. The van der Waals surface area contributed by atoms with Gasteiger partial charge in [0.15, 0.2) is 5.78 Å². The Labute approximate surface area is 57.6 Å². The molecule has 0 aliphatic carbocycles. The Morgan fingerprint density at radius 1 is 1.50 bits per heavy atom. The van der Waals surface area contributed by atoms with Crippen molar-refractivity contribution in [1.29, 1.82) is 0 Å². The molecule has 4 nitrogen and oxygen atoms in total. The van der Waals surface area contributed by atoms with Crippen LogP contribution in [0.1, 0.15) is 6.42 Å². The Balaban J connectivity index is 2.57. The Hall–Kier alpha value is -1.13. The fourth-order valence-electron chi connectivity index (χ4n) is 0.893. The summed E-state index contributed by atoms with van der Waals surface area (Å²) in [6.07, 6.45) is 0.549. The minimum atomic E-state index is -0.801. The van der Waals surface area contributed by atoms with Gasteiger partial charge in [0.2, 0.25) is 5.68 Å². The highest BCUT2D eigenvalue weighted by atomic mass is 16.5. The summed E-state index contributed by atoms with van der Waals surface area (Å²) in [5.74, 6) is -0.438. The van der Waals surface area contributed by atoms with Crippen molar-refractivity contribution in [2.24, 2.45) is 0 Å². The molecule has 1 heterocycles. The van der Waals surface area contributed by atoms with Crippen molar-refractivity contribution in [2.45, 2.75) is 12.7 Å². The molecule has 0 unspecified atom stereocenters. The van der Waals surface area contributed by atoms with E-state index in [9.17, 15) is 14.4 Å². The second-order valence-electron chi connectivity index (χ2n) is 2.05. The maximum Gasteiger partial charge on any atom is 0.443 e. The van der Waals surface area contributed by atoms with Gasteiger partial charge in [-0.15, -0.1) is 0 Å². The topological polar surface area (TPSA) is 60.4 Å². The number of rotatable bonds is 2. The molecule has 0 aromatic heterocycles. The third-order valence-corrected chi connectivity index (χ3v) is 1.42. The Bertz CT molecular complexity index is 188. The molecule has 5 heteroatoms.